The SMILES string of the molecule is COc1cc(/C=C2\C(=N)N3N=C(C4CCCCC4)SC3=NC2=O)ccc1OCc1ccccc1Cl. The Morgan fingerprint density at radius 3 is 2.74 bits per heavy atom. The second kappa shape index (κ2) is 10.3. The van der Waals surface area contributed by atoms with Crippen molar-refractivity contribution in [3.8, 4) is 11.5 Å². The van der Waals surface area contributed by atoms with Crippen LogP contribution in [0.25, 0.3) is 6.08 Å². The average Bonchev–Trinajstić information content (AvgIpc) is 3.31. The fourth-order valence-corrected chi connectivity index (χ4v) is 5.60. The van der Waals surface area contributed by atoms with Gasteiger partial charge in [-0.3, -0.25) is 10.2 Å². The number of hydrazone groups is 1. The molecule has 2 aromatic carbocycles. The van der Waals surface area contributed by atoms with Gasteiger partial charge in [-0.2, -0.15) is 15.1 Å². The monoisotopic (exact) mass is 508 g/mol. The standard InChI is InChI=1S/C26H25ClN4O3S/c1-33-22-14-16(11-12-21(22)34-15-18-9-5-6-10-20(18)27)13-19-23(28)31-26(29-24(19)32)35-25(30-31)17-7-3-2-4-8-17/h5-6,9-14,17,28H,2-4,7-8,15H2,1H3/b19-13+,28-23?. The number of aliphatic imine (C=N–C) groups is 1. The van der Waals surface area contributed by atoms with Crippen LogP contribution in [-0.4, -0.2) is 34.1 Å². The van der Waals surface area contributed by atoms with E-state index in [4.69, 9.17) is 26.5 Å². The number of amides is 1. The molecule has 7 nitrogen and oxygen atoms in total. The third-order valence-electron chi connectivity index (χ3n) is 6.26. The molecule has 0 atom stereocenters. The quantitative estimate of drug-likeness (QED) is 0.474. The molecule has 180 valence electrons. The molecule has 35 heavy (non-hydrogen) atoms. The molecule has 1 N–H and O–H groups in total. The number of ether oxygens (including phenoxy) is 2. The number of nitrogens with zero attached hydrogens (tertiary/aromatic N) is 3. The predicted molar refractivity (Wildman–Crippen MR) is 140 cm³/mol. The Hall–Kier alpha value is -3.10. The van der Waals surface area contributed by atoms with Crippen LogP contribution < -0.4 is 9.47 Å². The smallest absolute Gasteiger partial charge is 0.283 e. The zero-order valence-corrected chi connectivity index (χ0v) is 20.9. The number of rotatable bonds is 6. The summed E-state index contributed by atoms with van der Waals surface area (Å²) in [6.07, 6.45) is 7.48. The molecule has 0 unspecified atom stereocenters. The fourth-order valence-electron chi connectivity index (χ4n) is 4.35. The summed E-state index contributed by atoms with van der Waals surface area (Å²) < 4.78 is 11.4. The molecule has 0 spiro atoms. The Balaban J connectivity index is 1.35. The lowest BCUT2D eigenvalue weighted by Gasteiger charge is -2.20. The van der Waals surface area contributed by atoms with Gasteiger partial charge in [0, 0.05) is 16.5 Å². The lowest BCUT2D eigenvalue weighted by Crippen LogP contribution is -2.35. The van der Waals surface area contributed by atoms with Crippen LogP contribution in [0.4, 0.5) is 0 Å². The first-order chi connectivity index (χ1) is 17.0. The predicted octanol–water partition coefficient (Wildman–Crippen LogP) is 6.13. The van der Waals surface area contributed by atoms with E-state index in [1.807, 2.05) is 30.3 Å². The van der Waals surface area contributed by atoms with Gasteiger partial charge in [-0.1, -0.05) is 55.1 Å². The highest BCUT2D eigenvalue weighted by Gasteiger charge is 2.37. The molecule has 0 saturated heterocycles. The topological polar surface area (TPSA) is 87.3 Å². The molecular weight excluding hydrogens is 484 g/mol. The van der Waals surface area contributed by atoms with Gasteiger partial charge in [0.15, 0.2) is 17.3 Å². The van der Waals surface area contributed by atoms with Crippen molar-refractivity contribution in [2.75, 3.05) is 7.11 Å². The van der Waals surface area contributed by atoms with E-state index in [1.54, 1.807) is 25.3 Å². The lowest BCUT2D eigenvalue weighted by molar-refractivity contribution is -0.114. The van der Waals surface area contributed by atoms with Crippen LogP contribution in [0.3, 0.4) is 0 Å². The Morgan fingerprint density at radius 2 is 1.97 bits per heavy atom. The summed E-state index contributed by atoms with van der Waals surface area (Å²) >= 11 is 7.64. The number of fused-ring (bicyclic) bond motifs is 1. The van der Waals surface area contributed by atoms with E-state index in [-0.39, 0.29) is 11.4 Å². The number of carbonyl (C=O) groups excluding carboxylic acids is 1. The van der Waals surface area contributed by atoms with E-state index < -0.39 is 5.91 Å². The minimum Gasteiger partial charge on any atom is -0.493 e. The van der Waals surface area contributed by atoms with Crippen molar-refractivity contribution in [3.63, 3.8) is 0 Å². The molecule has 5 rings (SSSR count). The van der Waals surface area contributed by atoms with Gasteiger partial charge in [0.2, 0.25) is 5.17 Å². The molecule has 0 bridgehead atoms. The number of benzene rings is 2. The highest BCUT2D eigenvalue weighted by molar-refractivity contribution is 8.27. The first-order valence-corrected chi connectivity index (χ1v) is 12.8. The van der Waals surface area contributed by atoms with Gasteiger partial charge in [0.25, 0.3) is 5.91 Å². The van der Waals surface area contributed by atoms with E-state index in [2.05, 4.69) is 10.1 Å². The van der Waals surface area contributed by atoms with Crippen LogP contribution in [0.5, 0.6) is 11.5 Å². The third-order valence-corrected chi connectivity index (χ3v) is 7.70. The zero-order chi connectivity index (χ0) is 24.4. The van der Waals surface area contributed by atoms with Crippen molar-refractivity contribution >= 4 is 51.4 Å². The number of carbonyl (C=O) groups is 1. The van der Waals surface area contributed by atoms with Gasteiger partial charge in [-0.15, -0.1) is 0 Å². The average molecular weight is 509 g/mol. The third kappa shape index (κ3) is 4.99. The number of hydrogen-bond donors (Lipinski definition) is 1. The molecular formula is C26H25ClN4O3S. The molecule has 2 aliphatic heterocycles. The summed E-state index contributed by atoms with van der Waals surface area (Å²) in [6, 6.07) is 12.9. The minimum absolute atomic E-state index is 0.0383. The van der Waals surface area contributed by atoms with E-state index in [1.165, 1.54) is 36.0 Å². The summed E-state index contributed by atoms with van der Waals surface area (Å²) in [5.41, 5.74) is 1.76. The van der Waals surface area contributed by atoms with Crippen molar-refractivity contribution < 1.29 is 14.3 Å². The maximum atomic E-state index is 12.8. The van der Waals surface area contributed by atoms with Crippen LogP contribution in [0, 0.1) is 11.3 Å². The molecule has 1 saturated carbocycles. The number of amidine groups is 2. The van der Waals surface area contributed by atoms with Crippen molar-refractivity contribution in [3.05, 3.63) is 64.2 Å². The van der Waals surface area contributed by atoms with E-state index in [0.717, 1.165) is 23.4 Å². The van der Waals surface area contributed by atoms with Crippen molar-refractivity contribution in [1.29, 1.82) is 5.41 Å². The van der Waals surface area contributed by atoms with Gasteiger partial charge in [0.1, 0.15) is 11.7 Å². The zero-order valence-electron chi connectivity index (χ0n) is 19.3. The van der Waals surface area contributed by atoms with Crippen LogP contribution in [0.2, 0.25) is 5.02 Å². The molecule has 2 aromatic rings. The Labute approximate surface area is 213 Å². The Morgan fingerprint density at radius 1 is 1.17 bits per heavy atom. The first-order valence-electron chi connectivity index (χ1n) is 11.6. The van der Waals surface area contributed by atoms with E-state index in [9.17, 15) is 4.79 Å². The van der Waals surface area contributed by atoms with Crippen LogP contribution in [0.15, 0.2) is 58.1 Å². The highest BCUT2D eigenvalue weighted by atomic mass is 35.5. The molecule has 2 heterocycles. The highest BCUT2D eigenvalue weighted by Crippen LogP contribution is 2.37. The van der Waals surface area contributed by atoms with Gasteiger partial charge in [0.05, 0.1) is 12.7 Å². The second-order valence-corrected chi connectivity index (χ2v) is 9.98. The molecule has 1 amide bonds. The molecule has 3 aliphatic rings. The molecule has 0 radical (unpaired) electrons. The Kier molecular flexibility index (Phi) is 6.92. The molecule has 9 heteroatoms. The normalized spacial score (nSPS) is 19.5. The van der Waals surface area contributed by atoms with Gasteiger partial charge >= 0.3 is 0 Å². The summed E-state index contributed by atoms with van der Waals surface area (Å²) in [5, 5.41) is 16.9. The molecule has 1 fully saturated rings. The van der Waals surface area contributed by atoms with Gasteiger partial charge in [-0.05, 0) is 54.4 Å². The largest absolute Gasteiger partial charge is 0.493 e. The van der Waals surface area contributed by atoms with Crippen LogP contribution >= 0.6 is 23.4 Å². The first kappa shape index (κ1) is 23.6. The van der Waals surface area contributed by atoms with Crippen LogP contribution in [-0.2, 0) is 11.4 Å². The van der Waals surface area contributed by atoms with Crippen molar-refractivity contribution in [2.24, 2.45) is 16.0 Å². The van der Waals surface area contributed by atoms with Crippen LogP contribution in [0.1, 0.15) is 43.2 Å². The van der Waals surface area contributed by atoms with Crippen molar-refractivity contribution in [2.45, 2.75) is 38.7 Å². The van der Waals surface area contributed by atoms with Crippen molar-refractivity contribution in [1.82, 2.24) is 5.01 Å². The number of thioether (sulfide) groups is 1. The number of halogens is 1. The summed E-state index contributed by atoms with van der Waals surface area (Å²) in [7, 11) is 1.56. The fraction of sp³-hybridized carbons (Fsp3) is 0.308. The maximum absolute atomic E-state index is 12.8. The second-order valence-electron chi connectivity index (χ2n) is 8.58. The summed E-state index contributed by atoms with van der Waals surface area (Å²) in [5.74, 6) is 1.06. The van der Waals surface area contributed by atoms with Gasteiger partial charge in [-0.25, -0.2) is 0 Å². The maximum Gasteiger partial charge on any atom is 0.283 e. The minimum atomic E-state index is -0.438. The number of methoxy groups -OCH3 is 1. The molecule has 1 aliphatic carbocycles. The Bertz CT molecular complexity index is 1270. The van der Waals surface area contributed by atoms with E-state index >= 15 is 0 Å². The van der Waals surface area contributed by atoms with Gasteiger partial charge < -0.3 is 9.47 Å². The van der Waals surface area contributed by atoms with E-state index in [0.29, 0.717) is 39.8 Å². The lowest BCUT2D eigenvalue weighted by atomic mass is 9.90. The summed E-state index contributed by atoms with van der Waals surface area (Å²) in [4.78, 5) is 17.0. The number of hydrogen-bond acceptors (Lipinski definition) is 6. The summed E-state index contributed by atoms with van der Waals surface area (Å²) in [6.45, 7) is 0.297. The number of nitrogens with one attached hydrogen (secondary N) is 1. The molecule has 0 aromatic heterocycles.